The summed E-state index contributed by atoms with van der Waals surface area (Å²) in [4.78, 5) is 32.1. The maximum absolute atomic E-state index is 14.2. The fourth-order valence-corrected chi connectivity index (χ4v) is 5.01. The van der Waals surface area contributed by atoms with Gasteiger partial charge in [0.15, 0.2) is 0 Å². The Balaban J connectivity index is 1.80. The molecule has 0 spiro atoms. The molecule has 0 saturated carbocycles. The van der Waals surface area contributed by atoms with E-state index in [0.717, 1.165) is 5.56 Å². The van der Waals surface area contributed by atoms with Gasteiger partial charge < -0.3 is 29.8 Å². The number of nitrogens with zero attached hydrogens (tertiary/aromatic N) is 2. The maximum Gasteiger partial charge on any atom is 0.355 e. The van der Waals surface area contributed by atoms with Crippen molar-refractivity contribution in [1.82, 2.24) is 9.55 Å². The molecule has 0 aliphatic rings. The largest absolute Gasteiger partial charge is 0.496 e. The molecule has 2 heterocycles. The lowest BCUT2D eigenvalue weighted by atomic mass is 9.94. The summed E-state index contributed by atoms with van der Waals surface area (Å²) in [5.41, 5.74) is 9.36. The standard InChI is InChI=1S/C33H31N3O7/c1-19-28(40-2)14-20(15-29(19)41-3)30-26-13-12-25(43-18-23-7-5-6-22(17-37)35-23)16-27(26)32(38)36(31(30)33(39)42-4)24-10-8-21(34)9-11-24/h5-16,37H,17-18,34H2,1-4H3. The molecule has 0 amide bonds. The second-order valence-corrected chi connectivity index (χ2v) is 9.73. The minimum absolute atomic E-state index is 0.0245. The van der Waals surface area contributed by atoms with Gasteiger partial charge in [-0.2, -0.15) is 0 Å². The molecule has 10 nitrogen and oxygen atoms in total. The molecule has 0 aliphatic heterocycles. The van der Waals surface area contributed by atoms with E-state index in [2.05, 4.69) is 4.98 Å². The highest BCUT2D eigenvalue weighted by atomic mass is 16.5. The molecule has 0 bridgehead atoms. The Labute approximate surface area is 247 Å². The molecular formula is C33H31N3O7. The van der Waals surface area contributed by atoms with E-state index in [9.17, 15) is 14.7 Å². The third-order valence-corrected chi connectivity index (χ3v) is 7.14. The van der Waals surface area contributed by atoms with Crippen molar-refractivity contribution >= 4 is 22.4 Å². The fraction of sp³-hybridized carbons (Fsp3) is 0.182. The van der Waals surface area contributed by atoms with E-state index in [1.54, 1.807) is 87.0 Å². The van der Waals surface area contributed by atoms with Crippen LogP contribution in [0.4, 0.5) is 5.69 Å². The number of nitrogen functional groups attached to an aromatic ring is 1. The number of aliphatic hydroxyl groups is 1. The van der Waals surface area contributed by atoms with Gasteiger partial charge in [0.1, 0.15) is 29.5 Å². The van der Waals surface area contributed by atoms with Crippen LogP contribution in [-0.4, -0.2) is 42.0 Å². The van der Waals surface area contributed by atoms with Crippen molar-refractivity contribution in [3.05, 3.63) is 106 Å². The van der Waals surface area contributed by atoms with Crippen molar-refractivity contribution in [2.24, 2.45) is 0 Å². The van der Waals surface area contributed by atoms with Crippen LogP contribution in [0.1, 0.15) is 27.4 Å². The SMILES string of the molecule is COC(=O)c1c(-c2cc(OC)c(C)c(OC)c2)c2ccc(OCc3cccc(CO)n3)cc2c(=O)n1-c1ccc(N)cc1. The van der Waals surface area contributed by atoms with Gasteiger partial charge in [0.05, 0.1) is 44.7 Å². The highest BCUT2D eigenvalue weighted by molar-refractivity contribution is 6.07. The summed E-state index contributed by atoms with van der Waals surface area (Å²) in [6, 6.07) is 20.6. The second-order valence-electron chi connectivity index (χ2n) is 9.73. The lowest BCUT2D eigenvalue weighted by Crippen LogP contribution is -2.27. The zero-order valence-electron chi connectivity index (χ0n) is 24.2. The van der Waals surface area contributed by atoms with Crippen LogP contribution in [0, 0.1) is 6.92 Å². The zero-order chi connectivity index (χ0) is 30.7. The van der Waals surface area contributed by atoms with Crippen LogP contribution in [0.25, 0.3) is 27.6 Å². The average Bonchev–Trinajstić information content (AvgIpc) is 3.04. The monoisotopic (exact) mass is 581 g/mol. The number of aliphatic hydroxyl groups excluding tert-OH is 1. The number of anilines is 1. The lowest BCUT2D eigenvalue weighted by molar-refractivity contribution is 0.0591. The number of hydrogen-bond donors (Lipinski definition) is 2. The third kappa shape index (κ3) is 5.60. The minimum Gasteiger partial charge on any atom is -0.496 e. The van der Waals surface area contributed by atoms with E-state index in [1.807, 2.05) is 6.92 Å². The number of pyridine rings is 2. The molecule has 10 heteroatoms. The van der Waals surface area contributed by atoms with Crippen LogP contribution in [0.2, 0.25) is 0 Å². The normalized spacial score (nSPS) is 10.9. The van der Waals surface area contributed by atoms with E-state index < -0.39 is 11.5 Å². The van der Waals surface area contributed by atoms with Gasteiger partial charge in [-0.15, -0.1) is 0 Å². The summed E-state index contributed by atoms with van der Waals surface area (Å²) in [7, 11) is 4.37. The van der Waals surface area contributed by atoms with Crippen LogP contribution in [0.3, 0.4) is 0 Å². The van der Waals surface area contributed by atoms with E-state index >= 15 is 0 Å². The van der Waals surface area contributed by atoms with Crippen LogP contribution in [-0.2, 0) is 18.0 Å². The van der Waals surface area contributed by atoms with Crippen LogP contribution < -0.4 is 25.5 Å². The number of hydrogen-bond acceptors (Lipinski definition) is 9. The molecule has 0 saturated heterocycles. The van der Waals surface area contributed by atoms with Gasteiger partial charge in [0, 0.05) is 22.5 Å². The van der Waals surface area contributed by atoms with Crippen molar-refractivity contribution in [2.75, 3.05) is 27.1 Å². The number of carbonyl (C=O) groups excluding carboxylic acids is 1. The van der Waals surface area contributed by atoms with Crippen LogP contribution in [0.5, 0.6) is 17.2 Å². The predicted octanol–water partition coefficient (Wildman–Crippen LogP) is 4.82. The summed E-state index contributed by atoms with van der Waals surface area (Å²) in [5.74, 6) is 0.794. The van der Waals surface area contributed by atoms with E-state index in [0.29, 0.717) is 61.9 Å². The minimum atomic E-state index is -0.709. The first-order valence-electron chi connectivity index (χ1n) is 13.4. The summed E-state index contributed by atoms with van der Waals surface area (Å²) < 4.78 is 23.8. The van der Waals surface area contributed by atoms with Gasteiger partial charge in [-0.25, -0.2) is 4.79 Å². The number of rotatable bonds is 9. The van der Waals surface area contributed by atoms with Gasteiger partial charge in [-0.05, 0) is 84.6 Å². The number of esters is 1. The van der Waals surface area contributed by atoms with Gasteiger partial charge in [0.25, 0.3) is 5.56 Å². The molecule has 0 fully saturated rings. The summed E-state index contributed by atoms with van der Waals surface area (Å²) >= 11 is 0. The molecule has 2 aromatic heterocycles. The number of benzene rings is 3. The molecule has 0 aliphatic carbocycles. The van der Waals surface area contributed by atoms with E-state index in [-0.39, 0.29) is 18.9 Å². The number of methoxy groups -OCH3 is 3. The van der Waals surface area contributed by atoms with E-state index in [1.165, 1.54) is 11.7 Å². The molecule has 0 radical (unpaired) electrons. The first kappa shape index (κ1) is 29.2. The first-order chi connectivity index (χ1) is 20.8. The van der Waals surface area contributed by atoms with Crippen molar-refractivity contribution in [3.63, 3.8) is 0 Å². The summed E-state index contributed by atoms with van der Waals surface area (Å²) in [5, 5.41) is 10.2. The molecule has 0 unspecified atom stereocenters. The van der Waals surface area contributed by atoms with Crippen molar-refractivity contribution in [3.8, 4) is 34.1 Å². The summed E-state index contributed by atoms with van der Waals surface area (Å²) in [6.45, 7) is 1.80. The molecule has 43 heavy (non-hydrogen) atoms. The number of carbonyl (C=O) groups is 1. The highest BCUT2D eigenvalue weighted by Crippen LogP contribution is 2.40. The molecule has 3 aromatic carbocycles. The Morgan fingerprint density at radius 3 is 2.21 bits per heavy atom. The molecular weight excluding hydrogens is 550 g/mol. The molecule has 5 rings (SSSR count). The van der Waals surface area contributed by atoms with Crippen molar-refractivity contribution in [2.45, 2.75) is 20.1 Å². The van der Waals surface area contributed by atoms with Gasteiger partial charge in [-0.1, -0.05) is 6.07 Å². The quantitative estimate of drug-likeness (QED) is 0.186. The molecule has 220 valence electrons. The molecule has 0 atom stereocenters. The highest BCUT2D eigenvalue weighted by Gasteiger charge is 2.26. The van der Waals surface area contributed by atoms with Gasteiger partial charge in [-0.3, -0.25) is 14.3 Å². The Morgan fingerprint density at radius 2 is 1.58 bits per heavy atom. The number of ether oxygens (including phenoxy) is 4. The molecule has 5 aromatic rings. The zero-order valence-corrected chi connectivity index (χ0v) is 24.2. The van der Waals surface area contributed by atoms with Crippen molar-refractivity contribution < 1.29 is 28.8 Å². The Morgan fingerprint density at radius 1 is 0.907 bits per heavy atom. The van der Waals surface area contributed by atoms with Gasteiger partial charge >= 0.3 is 5.97 Å². The van der Waals surface area contributed by atoms with Crippen LogP contribution in [0.15, 0.2) is 77.6 Å². The predicted molar refractivity (Wildman–Crippen MR) is 163 cm³/mol. The van der Waals surface area contributed by atoms with E-state index in [4.69, 9.17) is 24.7 Å². The summed E-state index contributed by atoms with van der Waals surface area (Å²) in [6.07, 6.45) is 0. The third-order valence-electron chi connectivity index (χ3n) is 7.14. The van der Waals surface area contributed by atoms with Gasteiger partial charge in [0.2, 0.25) is 0 Å². The number of nitrogens with two attached hydrogens (primary N) is 1. The topological polar surface area (TPSA) is 135 Å². The second kappa shape index (κ2) is 12.3. The maximum atomic E-state index is 14.2. The van der Waals surface area contributed by atoms with Crippen LogP contribution >= 0.6 is 0 Å². The first-order valence-corrected chi connectivity index (χ1v) is 13.4. The number of aromatic nitrogens is 2. The average molecular weight is 582 g/mol. The molecule has 3 N–H and O–H groups in total. The smallest absolute Gasteiger partial charge is 0.355 e. The number of fused-ring (bicyclic) bond motifs is 1. The Hall–Kier alpha value is -5.35. The Bertz CT molecular complexity index is 1860. The lowest BCUT2D eigenvalue weighted by Gasteiger charge is -2.21. The van der Waals surface area contributed by atoms with Crippen molar-refractivity contribution in [1.29, 1.82) is 0 Å². The Kier molecular flexibility index (Phi) is 8.31. The fourth-order valence-electron chi connectivity index (χ4n) is 5.01.